The van der Waals surface area contributed by atoms with Gasteiger partial charge in [0.2, 0.25) is 0 Å². The van der Waals surface area contributed by atoms with Crippen LogP contribution in [0.25, 0.3) is 0 Å². The number of aromatic nitrogens is 2. The van der Waals surface area contributed by atoms with E-state index >= 15 is 0 Å². The Bertz CT molecular complexity index is 649. The highest BCUT2D eigenvalue weighted by Gasteiger charge is 2.19. The van der Waals surface area contributed by atoms with Crippen molar-refractivity contribution in [3.63, 3.8) is 0 Å². The lowest BCUT2D eigenvalue weighted by atomic mass is 10.0. The van der Waals surface area contributed by atoms with Crippen LogP contribution in [0, 0.1) is 6.92 Å². The van der Waals surface area contributed by atoms with Gasteiger partial charge >= 0.3 is 0 Å². The van der Waals surface area contributed by atoms with Crippen LogP contribution in [0.15, 0.2) is 36.5 Å². The van der Waals surface area contributed by atoms with Crippen molar-refractivity contribution in [1.29, 1.82) is 0 Å². The first-order valence-electron chi connectivity index (χ1n) is 8.55. The molecule has 0 saturated heterocycles. The first-order valence-corrected chi connectivity index (χ1v) is 8.55. The van der Waals surface area contributed by atoms with Crippen molar-refractivity contribution in [3.8, 4) is 0 Å². The summed E-state index contributed by atoms with van der Waals surface area (Å²) in [6.07, 6.45) is 3.54. The van der Waals surface area contributed by atoms with E-state index in [-0.39, 0.29) is 11.9 Å². The molecule has 0 spiro atoms. The van der Waals surface area contributed by atoms with Crippen LogP contribution in [0.4, 0.5) is 0 Å². The van der Waals surface area contributed by atoms with Gasteiger partial charge in [-0.25, -0.2) is 0 Å². The van der Waals surface area contributed by atoms with Gasteiger partial charge in [0.25, 0.3) is 5.91 Å². The molecule has 1 aromatic carbocycles. The molecule has 0 radical (unpaired) electrons. The van der Waals surface area contributed by atoms with Gasteiger partial charge < -0.3 is 10.2 Å². The lowest BCUT2D eigenvalue weighted by molar-refractivity contribution is 0.0932. The van der Waals surface area contributed by atoms with Crippen molar-refractivity contribution in [2.24, 2.45) is 0 Å². The molecular formula is C19H28N4O. The molecule has 5 heteroatoms. The molecule has 1 atom stereocenters. The highest BCUT2D eigenvalue weighted by Crippen LogP contribution is 2.18. The zero-order valence-electron chi connectivity index (χ0n) is 15.1. The number of carbonyl (C=O) groups is 1. The fraction of sp³-hybridized carbons (Fsp3) is 0.474. The minimum Gasteiger partial charge on any atom is -0.345 e. The Kier molecular flexibility index (Phi) is 6.55. The van der Waals surface area contributed by atoms with Gasteiger partial charge in [-0.1, -0.05) is 37.3 Å². The number of nitrogens with zero attached hydrogens (tertiary/aromatic N) is 3. The maximum atomic E-state index is 12.7. The molecule has 1 amide bonds. The van der Waals surface area contributed by atoms with Crippen LogP contribution in [0.1, 0.15) is 47.4 Å². The summed E-state index contributed by atoms with van der Waals surface area (Å²) < 4.78 is 1.90. The third-order valence-electron chi connectivity index (χ3n) is 4.16. The van der Waals surface area contributed by atoms with Gasteiger partial charge in [0.15, 0.2) is 0 Å². The van der Waals surface area contributed by atoms with E-state index in [4.69, 9.17) is 0 Å². The van der Waals surface area contributed by atoms with Gasteiger partial charge in [-0.05, 0) is 46.0 Å². The van der Waals surface area contributed by atoms with Gasteiger partial charge in [-0.2, -0.15) is 5.10 Å². The number of hydrogen-bond donors (Lipinski definition) is 1. The fourth-order valence-electron chi connectivity index (χ4n) is 2.74. The second-order valence-electron chi connectivity index (χ2n) is 6.40. The second kappa shape index (κ2) is 8.64. The number of rotatable bonds is 8. The molecule has 1 aromatic heterocycles. The maximum absolute atomic E-state index is 12.7. The van der Waals surface area contributed by atoms with Crippen molar-refractivity contribution < 1.29 is 4.79 Å². The number of hydrogen-bond acceptors (Lipinski definition) is 3. The molecule has 2 rings (SSSR count). The largest absolute Gasteiger partial charge is 0.345 e. The summed E-state index contributed by atoms with van der Waals surface area (Å²) in [6.45, 7) is 5.80. The predicted molar refractivity (Wildman–Crippen MR) is 97.1 cm³/mol. The topological polar surface area (TPSA) is 50.2 Å². The molecule has 0 saturated carbocycles. The molecule has 0 aliphatic rings. The van der Waals surface area contributed by atoms with E-state index in [1.54, 1.807) is 6.20 Å². The summed E-state index contributed by atoms with van der Waals surface area (Å²) in [5.41, 5.74) is 2.72. The molecule has 2 aromatic rings. The van der Waals surface area contributed by atoms with Crippen molar-refractivity contribution in [2.75, 3.05) is 20.6 Å². The summed E-state index contributed by atoms with van der Waals surface area (Å²) >= 11 is 0. The Morgan fingerprint density at radius 1 is 1.29 bits per heavy atom. The van der Waals surface area contributed by atoms with Gasteiger partial charge in [-0.15, -0.1) is 0 Å². The summed E-state index contributed by atoms with van der Waals surface area (Å²) in [5, 5.41) is 7.51. The van der Waals surface area contributed by atoms with E-state index in [1.165, 1.54) is 0 Å². The molecule has 1 N–H and O–H groups in total. The minimum atomic E-state index is -0.0533. The molecule has 24 heavy (non-hydrogen) atoms. The molecule has 1 heterocycles. The Balaban J connectivity index is 2.15. The van der Waals surface area contributed by atoms with Gasteiger partial charge in [0.1, 0.15) is 0 Å². The van der Waals surface area contributed by atoms with Crippen LogP contribution in [-0.4, -0.2) is 41.2 Å². The normalized spacial score (nSPS) is 12.4. The van der Waals surface area contributed by atoms with E-state index < -0.39 is 0 Å². The average molecular weight is 328 g/mol. The number of amides is 1. The van der Waals surface area contributed by atoms with E-state index in [1.807, 2.05) is 43.9 Å². The molecule has 0 aliphatic heterocycles. The average Bonchev–Trinajstić information content (AvgIpc) is 2.93. The van der Waals surface area contributed by atoms with E-state index in [9.17, 15) is 4.79 Å². The number of benzene rings is 1. The van der Waals surface area contributed by atoms with Crippen LogP contribution < -0.4 is 5.32 Å². The van der Waals surface area contributed by atoms with Crippen molar-refractivity contribution in [3.05, 3.63) is 53.3 Å². The standard InChI is InChI=1S/C19H28N4O/c1-5-12-23-15(2)17(14-20-23)19(24)21-18(11-13-22(3)4)16-9-7-6-8-10-16/h6-10,14,18H,5,11-13H2,1-4H3,(H,21,24)/t18-/m0/s1. The number of aryl methyl sites for hydroxylation is 1. The van der Waals surface area contributed by atoms with E-state index in [2.05, 4.69) is 34.4 Å². The highest BCUT2D eigenvalue weighted by molar-refractivity contribution is 5.95. The van der Waals surface area contributed by atoms with Crippen LogP contribution in [0.3, 0.4) is 0 Å². The highest BCUT2D eigenvalue weighted by atomic mass is 16.1. The van der Waals surface area contributed by atoms with Crippen molar-refractivity contribution in [2.45, 2.75) is 39.3 Å². The van der Waals surface area contributed by atoms with Gasteiger partial charge in [-0.3, -0.25) is 9.48 Å². The van der Waals surface area contributed by atoms with E-state index in [0.717, 1.165) is 37.2 Å². The fourth-order valence-corrected chi connectivity index (χ4v) is 2.74. The quantitative estimate of drug-likeness (QED) is 0.810. The first-order chi connectivity index (χ1) is 11.5. The number of nitrogens with one attached hydrogen (secondary N) is 1. The van der Waals surface area contributed by atoms with Crippen LogP contribution in [-0.2, 0) is 6.54 Å². The number of carbonyl (C=O) groups excluding carboxylic acids is 1. The zero-order chi connectivity index (χ0) is 17.5. The molecular weight excluding hydrogens is 300 g/mol. The Hall–Kier alpha value is -2.14. The molecule has 0 fully saturated rings. The van der Waals surface area contributed by atoms with Crippen LogP contribution in [0.5, 0.6) is 0 Å². The Morgan fingerprint density at radius 2 is 2.00 bits per heavy atom. The Labute approximate surface area is 144 Å². The van der Waals surface area contributed by atoms with Crippen molar-refractivity contribution in [1.82, 2.24) is 20.0 Å². The molecule has 0 unspecified atom stereocenters. The lowest BCUT2D eigenvalue weighted by Crippen LogP contribution is -2.31. The summed E-state index contributed by atoms with van der Waals surface area (Å²) in [5.74, 6) is -0.0533. The monoisotopic (exact) mass is 328 g/mol. The van der Waals surface area contributed by atoms with Crippen LogP contribution in [0.2, 0.25) is 0 Å². The minimum absolute atomic E-state index is 0.00461. The smallest absolute Gasteiger partial charge is 0.255 e. The predicted octanol–water partition coefficient (Wildman–Crippen LogP) is 3.02. The zero-order valence-corrected chi connectivity index (χ0v) is 15.1. The lowest BCUT2D eigenvalue weighted by Gasteiger charge is -2.21. The first kappa shape index (κ1) is 18.2. The molecule has 130 valence electrons. The third kappa shape index (κ3) is 4.68. The van der Waals surface area contributed by atoms with Crippen molar-refractivity contribution >= 4 is 5.91 Å². The molecule has 5 nitrogen and oxygen atoms in total. The van der Waals surface area contributed by atoms with Gasteiger partial charge in [0, 0.05) is 12.2 Å². The summed E-state index contributed by atoms with van der Waals surface area (Å²) in [4.78, 5) is 14.9. The third-order valence-corrected chi connectivity index (χ3v) is 4.16. The van der Waals surface area contributed by atoms with Crippen LogP contribution >= 0.6 is 0 Å². The van der Waals surface area contributed by atoms with Gasteiger partial charge in [0.05, 0.1) is 17.8 Å². The SMILES string of the molecule is CCCn1ncc(C(=O)N[C@@H](CCN(C)C)c2ccccc2)c1C. The summed E-state index contributed by atoms with van der Waals surface area (Å²) in [6, 6.07) is 10.1. The summed E-state index contributed by atoms with van der Waals surface area (Å²) in [7, 11) is 4.09. The Morgan fingerprint density at radius 3 is 2.62 bits per heavy atom. The second-order valence-corrected chi connectivity index (χ2v) is 6.40. The molecule has 0 bridgehead atoms. The maximum Gasteiger partial charge on any atom is 0.255 e. The van der Waals surface area contributed by atoms with E-state index in [0.29, 0.717) is 5.56 Å². The molecule has 0 aliphatic carbocycles.